The Morgan fingerprint density at radius 3 is 2.81 bits per heavy atom. The lowest BCUT2D eigenvalue weighted by Crippen LogP contribution is -2.28. The summed E-state index contributed by atoms with van der Waals surface area (Å²) in [5.41, 5.74) is 1.32. The minimum Gasteiger partial charge on any atom is -0.493 e. The topological polar surface area (TPSA) is 71.6 Å². The fraction of sp³-hybridized carbons (Fsp3) is 0.318. The first kappa shape index (κ1) is 22.2. The maximum atomic E-state index is 13.5. The maximum Gasteiger partial charge on any atom is 0.420 e. The van der Waals surface area contributed by atoms with Crippen molar-refractivity contribution in [3.8, 4) is 11.5 Å². The number of hydrogen-bond acceptors (Lipinski definition) is 6. The Hall–Kier alpha value is -3.01. The van der Waals surface area contributed by atoms with Crippen molar-refractivity contribution in [2.75, 3.05) is 23.8 Å². The molecule has 1 unspecified atom stereocenters. The van der Waals surface area contributed by atoms with Gasteiger partial charge < -0.3 is 25.4 Å². The van der Waals surface area contributed by atoms with Gasteiger partial charge >= 0.3 is 6.18 Å². The molecule has 4 rings (SSSR count). The van der Waals surface area contributed by atoms with E-state index in [1.54, 1.807) is 18.2 Å². The molecule has 32 heavy (non-hydrogen) atoms. The molecule has 0 saturated heterocycles. The van der Waals surface area contributed by atoms with E-state index in [9.17, 15) is 18.0 Å². The van der Waals surface area contributed by atoms with Crippen LogP contribution in [0.4, 0.5) is 24.5 Å². The highest BCUT2D eigenvalue weighted by molar-refractivity contribution is 8.03. The maximum absolute atomic E-state index is 13.5. The highest BCUT2D eigenvalue weighted by Gasteiger charge is 2.35. The Morgan fingerprint density at radius 2 is 2.06 bits per heavy atom. The summed E-state index contributed by atoms with van der Waals surface area (Å²) >= 11 is 1.39. The molecule has 0 spiro atoms. The van der Waals surface area contributed by atoms with Crippen LogP contribution in [0.2, 0.25) is 0 Å². The van der Waals surface area contributed by atoms with Gasteiger partial charge in [0.25, 0.3) is 5.91 Å². The summed E-state index contributed by atoms with van der Waals surface area (Å²) in [5, 5.41) is 10.9. The molecule has 1 atom stereocenters. The van der Waals surface area contributed by atoms with Crippen molar-refractivity contribution in [3.63, 3.8) is 0 Å². The molecule has 2 heterocycles. The standard InChI is InChI=1S/C22H22F3N3O3S/c1-12(2)9-30-18-6-4-14(8-15(18)22(23,24)25)26-21-28-17(11-32-21)13-3-5-19-16(7-13)27-20(29)10-31-19/h3-8,11-12,21,26,28H,9-10H2,1-2H3,(H,27,29). The van der Waals surface area contributed by atoms with Crippen LogP contribution in [0.5, 0.6) is 11.5 Å². The zero-order chi connectivity index (χ0) is 22.9. The first-order valence-electron chi connectivity index (χ1n) is 9.99. The van der Waals surface area contributed by atoms with E-state index >= 15 is 0 Å². The third kappa shape index (κ3) is 5.07. The van der Waals surface area contributed by atoms with Gasteiger partial charge in [0, 0.05) is 11.3 Å². The van der Waals surface area contributed by atoms with Crippen molar-refractivity contribution in [2.45, 2.75) is 25.5 Å². The summed E-state index contributed by atoms with van der Waals surface area (Å²) in [6.45, 7) is 3.94. The van der Waals surface area contributed by atoms with Gasteiger partial charge in [0.15, 0.2) is 6.61 Å². The Kier molecular flexibility index (Phi) is 6.14. The van der Waals surface area contributed by atoms with Gasteiger partial charge in [-0.2, -0.15) is 13.2 Å². The van der Waals surface area contributed by atoms with Crippen LogP contribution in [0.25, 0.3) is 5.70 Å². The number of alkyl halides is 3. The summed E-state index contributed by atoms with van der Waals surface area (Å²) in [5.74, 6) is 0.300. The van der Waals surface area contributed by atoms with Gasteiger partial charge in [-0.3, -0.25) is 4.79 Å². The number of ether oxygens (including phenoxy) is 2. The molecule has 0 aliphatic carbocycles. The van der Waals surface area contributed by atoms with E-state index in [-0.39, 0.29) is 36.3 Å². The fourth-order valence-corrected chi connectivity index (χ4v) is 4.07. The van der Waals surface area contributed by atoms with Crippen LogP contribution in [-0.2, 0) is 11.0 Å². The van der Waals surface area contributed by atoms with Crippen molar-refractivity contribution in [1.82, 2.24) is 5.32 Å². The highest BCUT2D eigenvalue weighted by Crippen LogP contribution is 2.39. The number of thioether (sulfide) groups is 1. The van der Waals surface area contributed by atoms with Gasteiger partial charge in [0.05, 0.1) is 23.6 Å². The predicted molar refractivity (Wildman–Crippen MR) is 118 cm³/mol. The zero-order valence-electron chi connectivity index (χ0n) is 17.4. The minimum atomic E-state index is -4.53. The van der Waals surface area contributed by atoms with Crippen molar-refractivity contribution in [1.29, 1.82) is 0 Å². The molecule has 0 fully saturated rings. The molecule has 1 amide bonds. The van der Waals surface area contributed by atoms with Gasteiger partial charge in [-0.05, 0) is 47.7 Å². The van der Waals surface area contributed by atoms with Gasteiger partial charge in [-0.15, -0.1) is 0 Å². The number of anilines is 2. The van der Waals surface area contributed by atoms with Crippen molar-refractivity contribution in [2.24, 2.45) is 5.92 Å². The Balaban J connectivity index is 1.45. The van der Waals surface area contributed by atoms with Crippen LogP contribution >= 0.6 is 11.8 Å². The molecule has 3 N–H and O–H groups in total. The number of carbonyl (C=O) groups excluding carboxylic acids is 1. The number of halogens is 3. The lowest BCUT2D eigenvalue weighted by molar-refractivity contribution is -0.139. The number of nitrogens with one attached hydrogen (secondary N) is 3. The SMILES string of the molecule is CC(C)COc1ccc(NC2NC(c3ccc4c(c3)NC(=O)CO4)=CS2)cc1C(F)(F)F. The highest BCUT2D eigenvalue weighted by atomic mass is 32.2. The molecule has 0 saturated carbocycles. The van der Waals surface area contributed by atoms with Gasteiger partial charge in [-0.25, -0.2) is 0 Å². The van der Waals surface area contributed by atoms with Crippen LogP contribution in [0.15, 0.2) is 41.8 Å². The molecule has 170 valence electrons. The van der Waals surface area contributed by atoms with Crippen LogP contribution in [-0.4, -0.2) is 24.6 Å². The second kappa shape index (κ2) is 8.85. The average molecular weight is 465 g/mol. The molecule has 2 aromatic rings. The number of carbonyl (C=O) groups is 1. The Bertz CT molecular complexity index is 1060. The molecule has 2 aliphatic heterocycles. The molecule has 0 radical (unpaired) electrons. The number of rotatable bonds is 6. The van der Waals surface area contributed by atoms with E-state index in [4.69, 9.17) is 9.47 Å². The number of fused-ring (bicyclic) bond motifs is 1. The summed E-state index contributed by atoms with van der Waals surface area (Å²) in [7, 11) is 0. The largest absolute Gasteiger partial charge is 0.493 e. The van der Waals surface area contributed by atoms with E-state index in [1.165, 1.54) is 17.8 Å². The lowest BCUT2D eigenvalue weighted by Gasteiger charge is -2.21. The van der Waals surface area contributed by atoms with Gasteiger partial charge in [0.1, 0.15) is 17.0 Å². The van der Waals surface area contributed by atoms with Crippen molar-refractivity contribution < 1.29 is 27.4 Å². The third-order valence-electron chi connectivity index (χ3n) is 4.69. The normalized spacial score (nSPS) is 17.8. The summed E-state index contributed by atoms with van der Waals surface area (Å²) in [6, 6.07) is 9.37. The van der Waals surface area contributed by atoms with E-state index in [2.05, 4.69) is 16.0 Å². The first-order valence-corrected chi connectivity index (χ1v) is 10.9. The van der Waals surface area contributed by atoms with Crippen LogP contribution in [0.3, 0.4) is 0 Å². The quantitative estimate of drug-likeness (QED) is 0.551. The van der Waals surface area contributed by atoms with E-state index in [0.29, 0.717) is 17.1 Å². The number of benzene rings is 2. The van der Waals surface area contributed by atoms with E-state index in [1.807, 2.05) is 25.3 Å². The second-order valence-corrected chi connectivity index (χ2v) is 8.78. The van der Waals surface area contributed by atoms with Crippen LogP contribution in [0.1, 0.15) is 25.0 Å². The lowest BCUT2D eigenvalue weighted by atomic mass is 10.1. The molecule has 2 aliphatic rings. The Morgan fingerprint density at radius 1 is 1.25 bits per heavy atom. The van der Waals surface area contributed by atoms with Crippen LogP contribution in [0, 0.1) is 5.92 Å². The zero-order valence-corrected chi connectivity index (χ0v) is 18.2. The number of hydrogen-bond donors (Lipinski definition) is 3. The average Bonchev–Trinajstić information content (AvgIpc) is 3.20. The van der Waals surface area contributed by atoms with E-state index < -0.39 is 11.7 Å². The second-order valence-electron chi connectivity index (χ2n) is 7.80. The minimum absolute atomic E-state index is 0.0175. The first-order chi connectivity index (χ1) is 15.2. The summed E-state index contributed by atoms with van der Waals surface area (Å²) < 4.78 is 51.3. The van der Waals surface area contributed by atoms with Crippen molar-refractivity contribution >= 4 is 34.7 Å². The van der Waals surface area contributed by atoms with Gasteiger partial charge in [-0.1, -0.05) is 25.6 Å². The monoisotopic (exact) mass is 465 g/mol. The molecule has 6 nitrogen and oxygen atoms in total. The Labute approximate surface area is 187 Å². The fourth-order valence-electron chi connectivity index (χ4n) is 3.19. The van der Waals surface area contributed by atoms with Crippen molar-refractivity contribution in [3.05, 3.63) is 52.9 Å². The summed E-state index contributed by atoms with van der Waals surface area (Å²) in [4.78, 5) is 11.5. The molecule has 10 heteroatoms. The summed E-state index contributed by atoms with van der Waals surface area (Å²) in [6.07, 6.45) is -4.53. The van der Waals surface area contributed by atoms with Crippen LogP contribution < -0.4 is 25.4 Å². The molecule has 2 aromatic carbocycles. The van der Waals surface area contributed by atoms with Gasteiger partial charge in [0.2, 0.25) is 0 Å². The van der Waals surface area contributed by atoms with E-state index in [0.717, 1.165) is 17.3 Å². The molecule has 0 aromatic heterocycles. The molecular weight excluding hydrogens is 443 g/mol. The third-order valence-corrected chi connectivity index (χ3v) is 5.57. The molecular formula is C22H22F3N3O3S. The number of amides is 1. The predicted octanol–water partition coefficient (Wildman–Crippen LogP) is 5.10. The smallest absolute Gasteiger partial charge is 0.420 e. The molecule has 0 bridgehead atoms.